The quantitative estimate of drug-likeness (QED) is 0.306. The fourth-order valence-corrected chi connectivity index (χ4v) is 4.08. The van der Waals surface area contributed by atoms with Crippen LogP contribution in [0.4, 0.5) is 27.6 Å². The highest BCUT2D eigenvalue weighted by molar-refractivity contribution is 6.00. The number of carbonyl (C=O) groups excluding carboxylic acids is 2. The molecule has 3 heterocycles. The monoisotopic (exact) mass is 532 g/mol. The average molecular weight is 533 g/mol. The number of rotatable bonds is 8. The lowest BCUT2D eigenvalue weighted by atomic mass is 9.97. The fourth-order valence-electron chi connectivity index (χ4n) is 4.08. The third kappa shape index (κ3) is 6.47. The van der Waals surface area contributed by atoms with Gasteiger partial charge in [0.25, 0.3) is 0 Å². The molecule has 1 aliphatic heterocycles. The summed E-state index contributed by atoms with van der Waals surface area (Å²) < 4.78 is 29.0. The van der Waals surface area contributed by atoms with Gasteiger partial charge in [-0.3, -0.25) is 9.59 Å². The molecule has 0 unspecified atom stereocenters. The number of esters is 1. The highest BCUT2D eigenvalue weighted by atomic mass is 19.1. The third-order valence-corrected chi connectivity index (χ3v) is 6.13. The van der Waals surface area contributed by atoms with Crippen molar-refractivity contribution in [3.8, 4) is 11.5 Å². The van der Waals surface area contributed by atoms with Gasteiger partial charge >= 0.3 is 23.8 Å². The van der Waals surface area contributed by atoms with Crippen LogP contribution in [0.25, 0.3) is 0 Å². The number of halogens is 1. The minimum Gasteiger partial charge on any atom is -0.469 e. The number of hydrogen-bond donors (Lipinski definition) is 2. The maximum atomic E-state index is 13.0. The number of ether oxygens (including phenoxy) is 2. The second-order valence-corrected chi connectivity index (χ2v) is 8.76. The Morgan fingerprint density at radius 1 is 0.949 bits per heavy atom. The van der Waals surface area contributed by atoms with Crippen LogP contribution in [-0.2, 0) is 9.53 Å². The Labute approximate surface area is 223 Å². The van der Waals surface area contributed by atoms with Gasteiger partial charge in [-0.05, 0) is 73.5 Å². The summed E-state index contributed by atoms with van der Waals surface area (Å²) in [6, 6.07) is 16.2. The Morgan fingerprint density at radius 3 is 2.26 bits per heavy atom. The molecule has 0 radical (unpaired) electrons. The van der Waals surface area contributed by atoms with Crippen LogP contribution in [0.15, 0.2) is 71.3 Å². The number of piperidine rings is 1. The summed E-state index contributed by atoms with van der Waals surface area (Å²) in [6.07, 6.45) is 2.95. The van der Waals surface area contributed by atoms with Crippen LogP contribution in [0.5, 0.6) is 11.5 Å². The smallest absolute Gasteiger partial charge is 0.320 e. The van der Waals surface area contributed by atoms with Gasteiger partial charge in [-0.25, -0.2) is 9.37 Å². The van der Waals surface area contributed by atoms with E-state index in [0.29, 0.717) is 48.8 Å². The zero-order chi connectivity index (χ0) is 27.2. The Morgan fingerprint density at radius 2 is 1.62 bits per heavy atom. The Bertz CT molecular complexity index is 1420. The molecule has 1 aliphatic rings. The van der Waals surface area contributed by atoms with E-state index in [1.807, 2.05) is 0 Å². The van der Waals surface area contributed by atoms with Gasteiger partial charge in [-0.1, -0.05) is 5.10 Å². The minimum atomic E-state index is -0.577. The molecule has 2 aromatic heterocycles. The molecule has 1 amide bonds. The van der Waals surface area contributed by atoms with Crippen LogP contribution in [0, 0.1) is 11.7 Å². The molecular weight excluding hydrogens is 507 g/mol. The van der Waals surface area contributed by atoms with Crippen molar-refractivity contribution in [3.63, 3.8) is 0 Å². The van der Waals surface area contributed by atoms with E-state index in [1.165, 1.54) is 31.4 Å². The number of anilines is 4. The van der Waals surface area contributed by atoms with Crippen molar-refractivity contribution in [2.45, 2.75) is 12.8 Å². The summed E-state index contributed by atoms with van der Waals surface area (Å²) >= 11 is 0. The van der Waals surface area contributed by atoms with Crippen LogP contribution in [0.2, 0.25) is 0 Å². The van der Waals surface area contributed by atoms with E-state index in [-0.39, 0.29) is 29.6 Å². The average Bonchev–Trinajstić information content (AvgIpc) is 3.44. The van der Waals surface area contributed by atoms with Crippen LogP contribution in [0.3, 0.4) is 0 Å². The molecule has 39 heavy (non-hydrogen) atoms. The van der Waals surface area contributed by atoms with Crippen molar-refractivity contribution < 1.29 is 27.9 Å². The number of amides is 1. The SMILES string of the molecule is COC(=O)C1CCN(c2ccc(NC(=O)c3nnc(Nc4ccc(Oc5ccc(F)cc5)cc4)o3)cn2)CC1. The number of nitrogens with one attached hydrogen (secondary N) is 2. The van der Waals surface area contributed by atoms with Crippen LogP contribution in [-0.4, -0.2) is 47.3 Å². The molecule has 1 saturated heterocycles. The third-order valence-electron chi connectivity index (χ3n) is 6.13. The maximum Gasteiger partial charge on any atom is 0.320 e. The second-order valence-electron chi connectivity index (χ2n) is 8.76. The van der Waals surface area contributed by atoms with Gasteiger partial charge in [-0.15, -0.1) is 5.10 Å². The first-order valence-corrected chi connectivity index (χ1v) is 12.2. The summed E-state index contributed by atoms with van der Waals surface area (Å²) in [5.41, 5.74) is 1.10. The Balaban J connectivity index is 1.12. The van der Waals surface area contributed by atoms with Crippen molar-refractivity contribution in [1.82, 2.24) is 15.2 Å². The highest BCUT2D eigenvalue weighted by Crippen LogP contribution is 2.26. The first-order chi connectivity index (χ1) is 19.0. The molecule has 5 rings (SSSR count). The minimum absolute atomic E-state index is 0.0381. The first-order valence-electron chi connectivity index (χ1n) is 12.2. The van der Waals surface area contributed by atoms with Crippen LogP contribution in [0.1, 0.15) is 23.5 Å². The molecule has 0 bridgehead atoms. The molecule has 200 valence electrons. The van der Waals surface area contributed by atoms with Crippen molar-refractivity contribution in [3.05, 3.63) is 78.6 Å². The van der Waals surface area contributed by atoms with E-state index < -0.39 is 5.91 Å². The molecule has 12 heteroatoms. The predicted octanol–water partition coefficient (Wildman–Crippen LogP) is 4.78. The molecule has 2 aromatic carbocycles. The van der Waals surface area contributed by atoms with Gasteiger partial charge in [0.1, 0.15) is 23.1 Å². The van der Waals surface area contributed by atoms with E-state index in [1.54, 1.807) is 42.6 Å². The lowest BCUT2D eigenvalue weighted by Crippen LogP contribution is -2.37. The fraction of sp³-hybridized carbons (Fsp3) is 0.222. The summed E-state index contributed by atoms with van der Waals surface area (Å²) in [6.45, 7) is 1.39. The number of benzene rings is 2. The van der Waals surface area contributed by atoms with Gasteiger partial charge in [0.15, 0.2) is 0 Å². The summed E-state index contributed by atoms with van der Waals surface area (Å²) in [4.78, 5) is 30.8. The van der Waals surface area contributed by atoms with Crippen LogP contribution >= 0.6 is 0 Å². The number of aromatic nitrogens is 3. The lowest BCUT2D eigenvalue weighted by Gasteiger charge is -2.31. The topological polar surface area (TPSA) is 132 Å². The first kappa shape index (κ1) is 25.6. The molecule has 2 N–H and O–H groups in total. The maximum absolute atomic E-state index is 13.0. The van der Waals surface area contributed by atoms with E-state index in [9.17, 15) is 14.0 Å². The van der Waals surface area contributed by atoms with E-state index >= 15 is 0 Å². The van der Waals surface area contributed by atoms with Gasteiger partial charge in [-0.2, -0.15) is 0 Å². The van der Waals surface area contributed by atoms with Gasteiger partial charge in [0.2, 0.25) is 0 Å². The van der Waals surface area contributed by atoms with E-state index in [2.05, 4.69) is 30.7 Å². The molecule has 0 saturated carbocycles. The zero-order valence-electron chi connectivity index (χ0n) is 21.0. The molecule has 0 aliphatic carbocycles. The second kappa shape index (κ2) is 11.6. The molecule has 0 atom stereocenters. The van der Waals surface area contributed by atoms with E-state index in [0.717, 1.165) is 5.82 Å². The summed E-state index contributed by atoms with van der Waals surface area (Å²) in [5, 5.41) is 13.3. The summed E-state index contributed by atoms with van der Waals surface area (Å²) in [5.74, 6) is 0.433. The Hall–Kier alpha value is -5.00. The number of nitrogens with zero attached hydrogens (tertiary/aromatic N) is 4. The molecule has 4 aromatic rings. The summed E-state index contributed by atoms with van der Waals surface area (Å²) in [7, 11) is 1.41. The number of carbonyl (C=O) groups is 2. The van der Waals surface area contributed by atoms with Gasteiger partial charge < -0.3 is 29.4 Å². The van der Waals surface area contributed by atoms with Crippen molar-refractivity contribution >= 4 is 35.1 Å². The number of pyridine rings is 1. The number of methoxy groups -OCH3 is 1. The largest absolute Gasteiger partial charge is 0.469 e. The Kier molecular flexibility index (Phi) is 7.62. The predicted molar refractivity (Wildman–Crippen MR) is 140 cm³/mol. The van der Waals surface area contributed by atoms with Crippen molar-refractivity contribution in [1.29, 1.82) is 0 Å². The molecule has 11 nitrogen and oxygen atoms in total. The number of hydrogen-bond acceptors (Lipinski definition) is 10. The lowest BCUT2D eigenvalue weighted by molar-refractivity contribution is -0.146. The standard InChI is InChI=1S/C27H25FN6O5/c1-37-26(36)17-12-14-34(15-13-17)23-11-6-20(16-29-23)30-24(35)25-32-33-27(39-25)31-19-4-9-22(10-5-19)38-21-7-2-18(28)3-8-21/h2-11,16-17H,12-15H2,1H3,(H,30,35)(H,31,33). The molecule has 1 fully saturated rings. The highest BCUT2D eigenvalue weighted by Gasteiger charge is 2.26. The van der Waals surface area contributed by atoms with Crippen molar-refractivity contribution in [2.24, 2.45) is 5.92 Å². The van der Waals surface area contributed by atoms with E-state index in [4.69, 9.17) is 13.9 Å². The zero-order valence-corrected chi connectivity index (χ0v) is 21.0. The van der Waals surface area contributed by atoms with Crippen molar-refractivity contribution in [2.75, 3.05) is 35.7 Å². The van der Waals surface area contributed by atoms with Gasteiger partial charge in [0, 0.05) is 18.8 Å². The van der Waals surface area contributed by atoms with Gasteiger partial charge in [0.05, 0.1) is 24.9 Å². The molecular formula is C27H25FN6O5. The normalized spacial score (nSPS) is 13.5. The molecule has 0 spiro atoms. The van der Waals surface area contributed by atoms with Crippen LogP contribution < -0.4 is 20.3 Å².